The van der Waals surface area contributed by atoms with Gasteiger partial charge in [0.25, 0.3) is 0 Å². The van der Waals surface area contributed by atoms with E-state index in [-0.39, 0.29) is 42.8 Å². The van der Waals surface area contributed by atoms with Crippen molar-refractivity contribution >= 4 is 50.2 Å². The summed E-state index contributed by atoms with van der Waals surface area (Å²) >= 11 is 0. The van der Waals surface area contributed by atoms with Gasteiger partial charge in [-0.05, 0) is 0 Å². The molecule has 0 spiro atoms. The molecule has 0 aromatic heterocycles. The Hall–Kier alpha value is 1.27. The molecule has 0 aliphatic heterocycles. The molecule has 0 radical (unpaired) electrons. The van der Waals surface area contributed by atoms with Gasteiger partial charge in [0, 0.05) is 0 Å². The van der Waals surface area contributed by atoms with Gasteiger partial charge in [-0.15, -0.1) is 24.0 Å². The van der Waals surface area contributed by atoms with E-state index in [0.717, 1.165) is 0 Å². The Morgan fingerprint density at radius 3 is 1.00 bits per heavy atom. The Bertz CT molecular complexity index is 15.5. The maximum atomic E-state index is 7.17. The molecule has 3 nitrogen and oxygen atoms in total. The first-order chi connectivity index (χ1) is 1.73. The van der Waals surface area contributed by atoms with Crippen LogP contribution in [0.25, 0.3) is 0 Å². The Balaban J connectivity index is -0.0000000450. The molecule has 6 heteroatoms. The van der Waals surface area contributed by atoms with Crippen LogP contribution in [-0.2, 0) is 0 Å². The summed E-state index contributed by atoms with van der Waals surface area (Å²) in [5, 5.41) is 21.5. The minimum atomic E-state index is -2.17. The molecule has 3 N–H and O–H groups in total. The standard InChI is InChI=1S/BH3O3.HI.Li.H/c2-1(3)4;;;/h2-4H;1H;;. The van der Waals surface area contributed by atoms with Gasteiger partial charge in [-0.25, -0.2) is 0 Å². The molecule has 0 saturated heterocycles. The van der Waals surface area contributed by atoms with E-state index in [2.05, 4.69) is 0 Å². The second-order valence-corrected chi connectivity index (χ2v) is 0.346. The normalized spacial score (nSPS) is 4.50. The Morgan fingerprint density at radius 2 is 1.00 bits per heavy atom. The summed E-state index contributed by atoms with van der Waals surface area (Å²) in [6.45, 7) is 0. The topological polar surface area (TPSA) is 60.7 Å². The number of hydrogen-bond donors (Lipinski definition) is 3. The van der Waals surface area contributed by atoms with Crippen LogP contribution >= 0.6 is 24.0 Å². The van der Waals surface area contributed by atoms with Crippen LogP contribution in [0.1, 0.15) is 0 Å². The fourth-order valence-corrected chi connectivity index (χ4v) is 0. The van der Waals surface area contributed by atoms with Crippen LogP contribution in [0, 0.1) is 0 Å². The molecule has 0 heterocycles. The quantitative estimate of drug-likeness (QED) is 0.309. The molecule has 0 bridgehead atoms. The van der Waals surface area contributed by atoms with E-state index in [1.165, 1.54) is 0 Å². The monoisotopic (exact) mass is 198 g/mol. The average Bonchev–Trinajstić information content (AvgIpc) is 0.811. The molecule has 0 aromatic rings. The van der Waals surface area contributed by atoms with Gasteiger partial charge in [0.05, 0.1) is 0 Å². The summed E-state index contributed by atoms with van der Waals surface area (Å²) in [5.41, 5.74) is 0. The molecule has 0 aliphatic rings. The van der Waals surface area contributed by atoms with E-state index in [4.69, 9.17) is 15.1 Å². The maximum absolute atomic E-state index is 7.17. The van der Waals surface area contributed by atoms with E-state index in [1.807, 2.05) is 0 Å². The molecule has 0 unspecified atom stereocenters. The Labute approximate surface area is 65.1 Å². The minimum absolute atomic E-state index is 0. The molecular weight excluding hydrogens is 193 g/mol. The van der Waals surface area contributed by atoms with Gasteiger partial charge >= 0.3 is 26.2 Å². The van der Waals surface area contributed by atoms with Crippen molar-refractivity contribution in [1.82, 2.24) is 0 Å². The van der Waals surface area contributed by atoms with Crippen molar-refractivity contribution in [3.63, 3.8) is 0 Å². The van der Waals surface area contributed by atoms with Crippen molar-refractivity contribution < 1.29 is 15.1 Å². The van der Waals surface area contributed by atoms with Crippen molar-refractivity contribution in [3.8, 4) is 0 Å². The van der Waals surface area contributed by atoms with Crippen molar-refractivity contribution in [2.45, 2.75) is 0 Å². The number of hydrogen-bond acceptors (Lipinski definition) is 3. The summed E-state index contributed by atoms with van der Waals surface area (Å²) in [4.78, 5) is 0. The first kappa shape index (κ1) is 15.7. The average molecular weight is 198 g/mol. The van der Waals surface area contributed by atoms with Crippen LogP contribution in [0.2, 0.25) is 0 Å². The third-order valence-corrected chi connectivity index (χ3v) is 0. The van der Waals surface area contributed by atoms with E-state index in [1.54, 1.807) is 0 Å². The zero-order valence-corrected chi connectivity index (χ0v) is 4.66. The predicted molar refractivity (Wildman–Crippen MR) is 35.0 cm³/mol. The van der Waals surface area contributed by atoms with Crippen LogP contribution < -0.4 is 0 Å². The second-order valence-electron chi connectivity index (χ2n) is 0.346. The third-order valence-electron chi connectivity index (χ3n) is 0. The van der Waals surface area contributed by atoms with Gasteiger partial charge in [-0.2, -0.15) is 0 Å². The molecule has 0 saturated carbocycles. The summed E-state index contributed by atoms with van der Waals surface area (Å²) in [6, 6.07) is 0. The van der Waals surface area contributed by atoms with E-state index in [0.29, 0.717) is 0 Å². The van der Waals surface area contributed by atoms with Crippen molar-refractivity contribution in [3.05, 3.63) is 0 Å². The second kappa shape index (κ2) is 9.55. The van der Waals surface area contributed by atoms with E-state index < -0.39 is 7.32 Å². The first-order valence-electron chi connectivity index (χ1n) is 0.775. The van der Waals surface area contributed by atoms with Gasteiger partial charge < -0.3 is 15.1 Å². The van der Waals surface area contributed by atoms with Gasteiger partial charge in [-0.3, -0.25) is 0 Å². The van der Waals surface area contributed by atoms with Crippen LogP contribution in [0.4, 0.5) is 0 Å². The zero-order valence-electron chi connectivity index (χ0n) is 2.33. The fourth-order valence-electron chi connectivity index (χ4n) is 0. The molecule has 0 atom stereocenters. The summed E-state index contributed by atoms with van der Waals surface area (Å²) in [7, 11) is -2.17. The number of rotatable bonds is 0. The summed E-state index contributed by atoms with van der Waals surface area (Å²) in [5.74, 6) is 0. The van der Waals surface area contributed by atoms with Crippen LogP contribution in [-0.4, -0.2) is 41.3 Å². The van der Waals surface area contributed by atoms with Crippen molar-refractivity contribution in [1.29, 1.82) is 0 Å². The van der Waals surface area contributed by atoms with Gasteiger partial charge in [0.2, 0.25) is 0 Å². The summed E-state index contributed by atoms with van der Waals surface area (Å²) in [6.07, 6.45) is 0. The van der Waals surface area contributed by atoms with Crippen LogP contribution in [0.3, 0.4) is 0 Å². The van der Waals surface area contributed by atoms with Crippen LogP contribution in [0.15, 0.2) is 0 Å². The molecule has 0 aliphatic carbocycles. The van der Waals surface area contributed by atoms with Gasteiger partial charge in [0.15, 0.2) is 0 Å². The van der Waals surface area contributed by atoms with E-state index >= 15 is 0 Å². The SMILES string of the molecule is I.OB(O)O.[LiH]. The molecule has 6 heavy (non-hydrogen) atoms. The molecule has 0 fully saturated rings. The van der Waals surface area contributed by atoms with Gasteiger partial charge in [-0.1, -0.05) is 0 Å². The molecule has 0 amide bonds. The zero-order chi connectivity index (χ0) is 3.58. The Morgan fingerprint density at radius 1 is 1.00 bits per heavy atom. The summed E-state index contributed by atoms with van der Waals surface area (Å²) < 4.78 is 0. The molecule has 0 rings (SSSR count). The third kappa shape index (κ3) is 59.4. The first-order valence-corrected chi connectivity index (χ1v) is 0.775. The Kier molecular flexibility index (Phi) is 25.0. The van der Waals surface area contributed by atoms with Crippen LogP contribution in [0.5, 0.6) is 0 Å². The van der Waals surface area contributed by atoms with E-state index in [9.17, 15) is 0 Å². The number of halogens is 1. The fraction of sp³-hybridized carbons (Fsp3) is 0. The predicted octanol–water partition coefficient (Wildman–Crippen LogP) is -2.08. The molecule has 0 aromatic carbocycles. The van der Waals surface area contributed by atoms with Gasteiger partial charge in [0.1, 0.15) is 0 Å². The molecular formula is H5BILiO3. The molecule has 34 valence electrons. The van der Waals surface area contributed by atoms with Crippen molar-refractivity contribution in [2.24, 2.45) is 0 Å². The van der Waals surface area contributed by atoms with Crippen molar-refractivity contribution in [2.75, 3.05) is 0 Å².